The third kappa shape index (κ3) is 3.19. The lowest BCUT2D eigenvalue weighted by Crippen LogP contribution is -2.32. The molecule has 0 saturated heterocycles. The van der Waals surface area contributed by atoms with E-state index < -0.39 is 0 Å². The van der Waals surface area contributed by atoms with Gasteiger partial charge in [-0.15, -0.1) is 0 Å². The van der Waals surface area contributed by atoms with Gasteiger partial charge in [0.25, 0.3) is 0 Å². The predicted molar refractivity (Wildman–Crippen MR) is 87.1 cm³/mol. The predicted octanol–water partition coefficient (Wildman–Crippen LogP) is 6.12. The van der Waals surface area contributed by atoms with Crippen LogP contribution in [-0.4, -0.2) is 0 Å². The van der Waals surface area contributed by atoms with E-state index in [0.29, 0.717) is 0 Å². The zero-order valence-electron chi connectivity index (χ0n) is 14.9. The summed E-state index contributed by atoms with van der Waals surface area (Å²) in [7, 11) is 0. The van der Waals surface area contributed by atoms with Crippen molar-refractivity contribution < 1.29 is 0 Å². The Morgan fingerprint density at radius 1 is 0.684 bits per heavy atom. The highest BCUT2D eigenvalue weighted by atomic mass is 14.5. The van der Waals surface area contributed by atoms with Crippen LogP contribution < -0.4 is 0 Å². The molecule has 7 unspecified atom stereocenters. The molecule has 114 valence electrons. The summed E-state index contributed by atoms with van der Waals surface area (Å²) < 4.78 is 0. The zero-order chi connectivity index (χ0) is 14.9. The Balaban J connectivity index is 2.91. The molecule has 1 aliphatic rings. The third-order valence-corrected chi connectivity index (χ3v) is 7.22. The molecule has 0 aromatic rings. The summed E-state index contributed by atoms with van der Waals surface area (Å²) in [4.78, 5) is 0. The molecular weight excluding hydrogens is 228 g/mol. The molecule has 0 aromatic carbocycles. The molecule has 0 spiro atoms. The lowest BCUT2D eigenvalue weighted by Gasteiger charge is -2.38. The third-order valence-electron chi connectivity index (χ3n) is 7.22. The molecule has 0 nitrogen and oxygen atoms in total. The molecule has 0 heterocycles. The Morgan fingerprint density at radius 2 is 1.11 bits per heavy atom. The maximum Gasteiger partial charge on any atom is -0.0326 e. The van der Waals surface area contributed by atoms with Crippen molar-refractivity contribution in [2.24, 2.45) is 53.3 Å². The van der Waals surface area contributed by atoms with Crippen LogP contribution >= 0.6 is 0 Å². The Bertz CT molecular complexity index is 253. The first-order valence-corrected chi connectivity index (χ1v) is 8.73. The van der Waals surface area contributed by atoms with Gasteiger partial charge in [-0.3, -0.25) is 0 Å². The fourth-order valence-corrected chi connectivity index (χ4v) is 4.91. The SMILES string of the molecule is CCC(C(C)C(C)C(C)C)C1C(C)C(C)C(C)C1C. The van der Waals surface area contributed by atoms with Gasteiger partial charge in [-0.1, -0.05) is 68.7 Å². The standard InChI is InChI=1S/C19H38/c1-10-18(15(7)12(4)11(2)3)19-16(8)13(5)14(6)17(19)9/h11-19H,10H2,1-9H3. The molecular formula is C19H38. The molecule has 0 bridgehead atoms. The number of hydrogen-bond acceptors (Lipinski definition) is 0. The van der Waals surface area contributed by atoms with Crippen molar-refractivity contribution in [3.63, 3.8) is 0 Å². The summed E-state index contributed by atoms with van der Waals surface area (Å²) in [5.41, 5.74) is 0. The minimum atomic E-state index is 0.811. The van der Waals surface area contributed by atoms with E-state index in [1.807, 2.05) is 0 Å². The van der Waals surface area contributed by atoms with Crippen molar-refractivity contribution in [3.05, 3.63) is 0 Å². The minimum Gasteiger partial charge on any atom is -0.0651 e. The monoisotopic (exact) mass is 266 g/mol. The van der Waals surface area contributed by atoms with Crippen molar-refractivity contribution in [2.45, 2.75) is 68.7 Å². The van der Waals surface area contributed by atoms with E-state index in [1.54, 1.807) is 0 Å². The van der Waals surface area contributed by atoms with Gasteiger partial charge < -0.3 is 0 Å². The molecule has 19 heavy (non-hydrogen) atoms. The van der Waals surface area contributed by atoms with E-state index in [-0.39, 0.29) is 0 Å². The van der Waals surface area contributed by atoms with E-state index >= 15 is 0 Å². The molecule has 1 saturated carbocycles. The fourth-order valence-electron chi connectivity index (χ4n) is 4.91. The largest absolute Gasteiger partial charge is 0.0651 e. The minimum absolute atomic E-state index is 0.811. The maximum absolute atomic E-state index is 2.52. The maximum atomic E-state index is 2.52. The second kappa shape index (κ2) is 6.64. The van der Waals surface area contributed by atoms with Gasteiger partial charge in [0.2, 0.25) is 0 Å². The van der Waals surface area contributed by atoms with Crippen LogP contribution in [0.3, 0.4) is 0 Å². The average molecular weight is 267 g/mol. The smallest absolute Gasteiger partial charge is 0.0326 e. The molecule has 7 atom stereocenters. The molecule has 0 radical (unpaired) electrons. The first kappa shape index (κ1) is 17.1. The Morgan fingerprint density at radius 3 is 1.42 bits per heavy atom. The van der Waals surface area contributed by atoms with Gasteiger partial charge >= 0.3 is 0 Å². The highest BCUT2D eigenvalue weighted by Gasteiger charge is 2.46. The van der Waals surface area contributed by atoms with Crippen LogP contribution in [0.5, 0.6) is 0 Å². The van der Waals surface area contributed by atoms with Crippen LogP contribution in [0.15, 0.2) is 0 Å². The van der Waals surface area contributed by atoms with Crippen LogP contribution in [0.1, 0.15) is 68.7 Å². The van der Waals surface area contributed by atoms with Gasteiger partial charge in [-0.05, 0) is 53.3 Å². The fraction of sp³-hybridized carbons (Fsp3) is 1.00. The van der Waals surface area contributed by atoms with Gasteiger partial charge in [0, 0.05) is 0 Å². The van der Waals surface area contributed by atoms with E-state index in [2.05, 4.69) is 62.3 Å². The van der Waals surface area contributed by atoms with Gasteiger partial charge in [0.1, 0.15) is 0 Å². The summed E-state index contributed by atoms with van der Waals surface area (Å²) in [6.45, 7) is 22.2. The Kier molecular flexibility index (Phi) is 5.96. The van der Waals surface area contributed by atoms with Crippen LogP contribution in [0.4, 0.5) is 0 Å². The molecule has 0 N–H and O–H groups in total. The quantitative estimate of drug-likeness (QED) is 0.562. The van der Waals surface area contributed by atoms with Crippen molar-refractivity contribution in [2.75, 3.05) is 0 Å². The lowest BCUT2D eigenvalue weighted by atomic mass is 9.67. The summed E-state index contributed by atoms with van der Waals surface area (Å²) in [5, 5.41) is 0. The Hall–Kier alpha value is 0. The lowest BCUT2D eigenvalue weighted by molar-refractivity contribution is 0.1000. The average Bonchev–Trinajstić information content (AvgIpc) is 2.55. The van der Waals surface area contributed by atoms with E-state index in [0.717, 1.165) is 53.3 Å². The molecule has 0 aliphatic heterocycles. The Labute approximate surface area is 122 Å². The van der Waals surface area contributed by atoms with Crippen LogP contribution in [-0.2, 0) is 0 Å². The van der Waals surface area contributed by atoms with Gasteiger partial charge in [-0.2, -0.15) is 0 Å². The van der Waals surface area contributed by atoms with Gasteiger partial charge in [0.15, 0.2) is 0 Å². The normalized spacial score (nSPS) is 40.4. The molecule has 0 amide bonds. The van der Waals surface area contributed by atoms with Gasteiger partial charge in [0.05, 0.1) is 0 Å². The zero-order valence-corrected chi connectivity index (χ0v) is 14.9. The summed E-state index contributed by atoms with van der Waals surface area (Å²) in [6.07, 6.45) is 1.36. The van der Waals surface area contributed by atoms with E-state index in [4.69, 9.17) is 0 Å². The topological polar surface area (TPSA) is 0 Å². The van der Waals surface area contributed by atoms with E-state index in [9.17, 15) is 0 Å². The van der Waals surface area contributed by atoms with Crippen LogP contribution in [0.25, 0.3) is 0 Å². The molecule has 0 heteroatoms. The number of rotatable bonds is 5. The highest BCUT2D eigenvalue weighted by molar-refractivity contribution is 4.94. The van der Waals surface area contributed by atoms with Crippen molar-refractivity contribution in [1.29, 1.82) is 0 Å². The van der Waals surface area contributed by atoms with Gasteiger partial charge in [-0.25, -0.2) is 0 Å². The second-order valence-electron chi connectivity index (χ2n) is 8.05. The van der Waals surface area contributed by atoms with Crippen molar-refractivity contribution in [3.8, 4) is 0 Å². The van der Waals surface area contributed by atoms with E-state index in [1.165, 1.54) is 6.42 Å². The molecule has 1 fully saturated rings. The van der Waals surface area contributed by atoms with Crippen molar-refractivity contribution >= 4 is 0 Å². The first-order chi connectivity index (χ1) is 8.73. The van der Waals surface area contributed by atoms with Crippen LogP contribution in [0.2, 0.25) is 0 Å². The van der Waals surface area contributed by atoms with Crippen molar-refractivity contribution in [1.82, 2.24) is 0 Å². The summed E-state index contributed by atoms with van der Waals surface area (Å²) >= 11 is 0. The summed E-state index contributed by atoms with van der Waals surface area (Å²) in [5.74, 6) is 7.96. The number of hydrogen-bond donors (Lipinski definition) is 0. The molecule has 1 rings (SSSR count). The molecule has 1 aliphatic carbocycles. The second-order valence-corrected chi connectivity index (χ2v) is 8.05. The first-order valence-electron chi connectivity index (χ1n) is 8.73. The highest BCUT2D eigenvalue weighted by Crippen LogP contribution is 2.52. The molecule has 0 aromatic heterocycles. The van der Waals surface area contributed by atoms with Crippen LogP contribution in [0, 0.1) is 53.3 Å². The summed E-state index contributed by atoms with van der Waals surface area (Å²) in [6, 6.07) is 0.